The average molecular weight is 573 g/mol. The molecule has 0 atom stereocenters. The summed E-state index contributed by atoms with van der Waals surface area (Å²) in [4.78, 5) is 43.5. The van der Waals surface area contributed by atoms with Gasteiger partial charge in [0.2, 0.25) is 0 Å². The molecule has 0 spiro atoms. The fourth-order valence-corrected chi connectivity index (χ4v) is 6.41. The Balaban J connectivity index is 2.05. The third kappa shape index (κ3) is 7.12. The summed E-state index contributed by atoms with van der Waals surface area (Å²) in [5.41, 5.74) is 1.04. The fraction of sp³-hybridized carbons (Fsp3) is 0.621. The number of nitrogens with zero attached hydrogens (tertiary/aromatic N) is 4. The number of anilines is 1. The highest BCUT2D eigenvalue weighted by molar-refractivity contribution is 8.26. The Morgan fingerprint density at radius 3 is 2.41 bits per heavy atom. The van der Waals surface area contributed by atoms with Crippen LogP contribution < -0.4 is 10.5 Å². The van der Waals surface area contributed by atoms with Gasteiger partial charge in [-0.3, -0.25) is 23.9 Å². The molecule has 2 saturated heterocycles. The van der Waals surface area contributed by atoms with Crippen molar-refractivity contribution in [3.8, 4) is 6.07 Å². The van der Waals surface area contributed by atoms with Crippen molar-refractivity contribution in [2.75, 3.05) is 31.1 Å². The molecule has 39 heavy (non-hydrogen) atoms. The lowest BCUT2D eigenvalue weighted by molar-refractivity contribution is -0.148. The summed E-state index contributed by atoms with van der Waals surface area (Å²) in [5, 5.41) is 9.91. The van der Waals surface area contributed by atoms with Crippen LogP contribution in [0.3, 0.4) is 0 Å². The van der Waals surface area contributed by atoms with Crippen LogP contribution in [0, 0.1) is 24.2 Å². The van der Waals surface area contributed by atoms with Crippen LogP contribution in [0.1, 0.15) is 88.8 Å². The number of nitriles is 1. The molecule has 10 heteroatoms. The smallest absolute Gasteiger partial charge is 0.309 e. The number of carbonyl (C=O) groups excluding carboxylic acids is 2. The van der Waals surface area contributed by atoms with Crippen LogP contribution in [0.25, 0.3) is 6.08 Å². The Labute approximate surface area is 241 Å². The summed E-state index contributed by atoms with van der Waals surface area (Å²) in [6.45, 7) is 10.3. The Bertz CT molecular complexity index is 1210. The van der Waals surface area contributed by atoms with Gasteiger partial charge in [-0.1, -0.05) is 63.5 Å². The molecule has 0 radical (unpaired) electrons. The molecule has 3 heterocycles. The van der Waals surface area contributed by atoms with Gasteiger partial charge >= 0.3 is 5.97 Å². The van der Waals surface area contributed by atoms with Crippen molar-refractivity contribution >= 4 is 52.1 Å². The van der Waals surface area contributed by atoms with E-state index in [1.807, 2.05) is 6.08 Å². The topological polar surface area (TPSA) is 95.6 Å². The highest BCUT2D eigenvalue weighted by atomic mass is 32.2. The highest BCUT2D eigenvalue weighted by Gasteiger charge is 2.34. The first-order chi connectivity index (χ1) is 18.8. The van der Waals surface area contributed by atoms with Gasteiger partial charge in [-0.15, -0.1) is 0 Å². The van der Waals surface area contributed by atoms with Crippen molar-refractivity contribution in [3.63, 3.8) is 0 Å². The van der Waals surface area contributed by atoms with Crippen LogP contribution in [-0.4, -0.2) is 51.9 Å². The largest absolute Gasteiger partial charge is 0.466 e. The van der Waals surface area contributed by atoms with E-state index >= 15 is 0 Å². The van der Waals surface area contributed by atoms with E-state index in [0.29, 0.717) is 71.8 Å². The maximum atomic E-state index is 13.5. The number of esters is 1. The number of hydrogen-bond acceptors (Lipinski definition) is 8. The van der Waals surface area contributed by atoms with Gasteiger partial charge < -0.3 is 9.64 Å². The lowest BCUT2D eigenvalue weighted by Crippen LogP contribution is -2.41. The first kappa shape index (κ1) is 30.9. The van der Waals surface area contributed by atoms with E-state index in [0.717, 1.165) is 38.5 Å². The Morgan fingerprint density at radius 1 is 1.10 bits per heavy atom. The number of piperidine rings is 1. The molecule has 0 unspecified atom stereocenters. The number of thioether (sulfide) groups is 1. The number of ether oxygens (including phenoxy) is 1. The standard InChI is InChI=1S/C29H40N4O4S2/c1-5-8-10-11-15-33-27(35)24(39-29(33)38)18-22-20(4)23(19-30)26(34)32(14-9-6-2)25(22)31-16-12-21(13-17-31)28(36)37-7-3/h18,21H,5-17H2,1-4H3. The molecule has 2 aliphatic heterocycles. The molecule has 0 aliphatic carbocycles. The van der Waals surface area contributed by atoms with Gasteiger partial charge in [0.15, 0.2) is 0 Å². The highest BCUT2D eigenvalue weighted by Crippen LogP contribution is 2.37. The van der Waals surface area contributed by atoms with E-state index in [-0.39, 0.29) is 28.9 Å². The molecule has 0 saturated carbocycles. The summed E-state index contributed by atoms with van der Waals surface area (Å²) < 4.78 is 7.47. The van der Waals surface area contributed by atoms with Gasteiger partial charge in [0.05, 0.1) is 17.4 Å². The van der Waals surface area contributed by atoms with Crippen molar-refractivity contribution < 1.29 is 14.3 Å². The first-order valence-corrected chi connectivity index (χ1v) is 15.4. The second kappa shape index (κ2) is 14.7. The molecule has 1 aromatic rings. The number of pyridine rings is 1. The molecule has 2 aliphatic rings. The van der Waals surface area contributed by atoms with E-state index in [2.05, 4.69) is 24.8 Å². The number of rotatable bonds is 12. The van der Waals surface area contributed by atoms with Gasteiger partial charge in [0.25, 0.3) is 11.5 Å². The number of amides is 1. The van der Waals surface area contributed by atoms with E-state index in [4.69, 9.17) is 17.0 Å². The molecule has 1 aromatic heterocycles. The predicted molar refractivity (Wildman–Crippen MR) is 161 cm³/mol. The predicted octanol–water partition coefficient (Wildman–Crippen LogP) is 5.39. The minimum atomic E-state index is -0.313. The van der Waals surface area contributed by atoms with E-state index in [9.17, 15) is 19.6 Å². The van der Waals surface area contributed by atoms with Crippen LogP contribution >= 0.6 is 24.0 Å². The van der Waals surface area contributed by atoms with Crippen LogP contribution in [-0.2, 0) is 20.9 Å². The number of thiocarbonyl (C=S) groups is 1. The molecule has 3 rings (SSSR count). The molecule has 8 nitrogen and oxygen atoms in total. The zero-order valence-electron chi connectivity index (χ0n) is 23.6. The lowest BCUT2D eigenvalue weighted by Gasteiger charge is -2.35. The number of carbonyl (C=O) groups is 2. The SMILES string of the molecule is CCCCCCN1C(=O)C(=Cc2c(C)c(C#N)c(=O)n(CCCC)c2N2CCC(C(=O)OCC)CC2)SC1=S. The normalized spacial score (nSPS) is 17.3. The Morgan fingerprint density at radius 2 is 1.79 bits per heavy atom. The zero-order valence-corrected chi connectivity index (χ0v) is 25.2. The minimum Gasteiger partial charge on any atom is -0.466 e. The number of aromatic nitrogens is 1. The fourth-order valence-electron chi connectivity index (χ4n) is 5.12. The molecule has 2 fully saturated rings. The van der Waals surface area contributed by atoms with E-state index in [1.165, 1.54) is 11.8 Å². The van der Waals surface area contributed by atoms with E-state index in [1.54, 1.807) is 23.3 Å². The second-order valence-corrected chi connectivity index (χ2v) is 11.7. The van der Waals surface area contributed by atoms with Crippen molar-refractivity contribution in [3.05, 3.63) is 31.9 Å². The lowest BCUT2D eigenvalue weighted by atomic mass is 9.95. The summed E-state index contributed by atoms with van der Waals surface area (Å²) in [6, 6.07) is 2.11. The van der Waals surface area contributed by atoms with Crippen LogP contribution in [0.5, 0.6) is 0 Å². The van der Waals surface area contributed by atoms with Gasteiger partial charge in [-0.05, 0) is 51.2 Å². The Kier molecular flexibility index (Phi) is 11.6. The van der Waals surface area contributed by atoms with Crippen LogP contribution in [0.15, 0.2) is 9.70 Å². The summed E-state index contributed by atoms with van der Waals surface area (Å²) in [5.74, 6) is 0.224. The molecule has 212 valence electrons. The molecule has 0 aromatic carbocycles. The second-order valence-electron chi connectivity index (χ2n) is 10.1. The van der Waals surface area contributed by atoms with Crippen LogP contribution in [0.4, 0.5) is 5.82 Å². The molecular formula is C29H40N4O4S2. The first-order valence-electron chi connectivity index (χ1n) is 14.1. The zero-order chi connectivity index (χ0) is 28.5. The van der Waals surface area contributed by atoms with Crippen molar-refractivity contribution in [2.45, 2.75) is 85.6 Å². The maximum absolute atomic E-state index is 13.5. The summed E-state index contributed by atoms with van der Waals surface area (Å²) in [6.07, 6.45) is 8.88. The maximum Gasteiger partial charge on any atom is 0.309 e. The minimum absolute atomic E-state index is 0.0950. The monoisotopic (exact) mass is 572 g/mol. The molecule has 0 N–H and O–H groups in total. The van der Waals surface area contributed by atoms with Crippen molar-refractivity contribution in [1.82, 2.24) is 9.47 Å². The number of unbranched alkanes of at least 4 members (excludes halogenated alkanes) is 4. The van der Waals surface area contributed by atoms with Crippen LogP contribution in [0.2, 0.25) is 0 Å². The number of hydrogen-bond donors (Lipinski definition) is 0. The van der Waals surface area contributed by atoms with Gasteiger partial charge in [0, 0.05) is 31.7 Å². The van der Waals surface area contributed by atoms with Gasteiger partial charge in [-0.25, -0.2) is 0 Å². The van der Waals surface area contributed by atoms with E-state index < -0.39 is 0 Å². The third-order valence-electron chi connectivity index (χ3n) is 7.38. The van der Waals surface area contributed by atoms with Crippen molar-refractivity contribution in [2.24, 2.45) is 5.92 Å². The average Bonchev–Trinajstić information content (AvgIpc) is 3.19. The summed E-state index contributed by atoms with van der Waals surface area (Å²) >= 11 is 6.83. The van der Waals surface area contributed by atoms with Gasteiger partial charge in [-0.2, -0.15) is 5.26 Å². The quantitative estimate of drug-likeness (QED) is 0.142. The molecular weight excluding hydrogens is 532 g/mol. The molecule has 0 bridgehead atoms. The Hall–Kier alpha value is -2.64. The van der Waals surface area contributed by atoms with Crippen molar-refractivity contribution in [1.29, 1.82) is 5.26 Å². The third-order valence-corrected chi connectivity index (χ3v) is 8.76. The van der Waals surface area contributed by atoms with Gasteiger partial charge in [0.1, 0.15) is 21.8 Å². The summed E-state index contributed by atoms with van der Waals surface area (Å²) in [7, 11) is 0. The molecule has 1 amide bonds.